The van der Waals surface area contributed by atoms with Gasteiger partial charge in [0.1, 0.15) is 0 Å². The van der Waals surface area contributed by atoms with Crippen LogP contribution in [0, 0.1) is 56.7 Å². The number of halogens is 1. The number of allylic oxidation sites excluding steroid dienone is 2. The summed E-state index contributed by atoms with van der Waals surface area (Å²) in [6.45, 7) is 19.7. The third-order valence-corrected chi connectivity index (χ3v) is 15.2. The van der Waals surface area contributed by atoms with Crippen molar-refractivity contribution in [2.45, 2.75) is 138 Å². The molecule has 6 heteroatoms. The van der Waals surface area contributed by atoms with Gasteiger partial charge in [-0.2, -0.15) is 4.39 Å². The Labute approximate surface area is 265 Å². The van der Waals surface area contributed by atoms with Crippen LogP contribution in [0.15, 0.2) is 24.1 Å². The Morgan fingerprint density at radius 3 is 2.30 bits per heavy atom. The van der Waals surface area contributed by atoms with Crippen LogP contribution in [0.4, 0.5) is 4.39 Å². The Hall–Kier alpha value is -1.69. The smallest absolute Gasteiger partial charge is 0.364 e. The van der Waals surface area contributed by atoms with Crippen LogP contribution in [0.2, 0.25) is 0 Å². The average Bonchev–Trinajstić information content (AvgIpc) is 3.36. The molecule has 5 rings (SSSR count). The third kappa shape index (κ3) is 5.03. The number of aliphatic carboxylic acids is 1. The number of carbonyl (C=O) groups is 2. The largest absolute Gasteiger partial charge is 0.476 e. The summed E-state index contributed by atoms with van der Waals surface area (Å²) in [6, 6.07) is 0. The van der Waals surface area contributed by atoms with Gasteiger partial charge in [-0.3, -0.25) is 4.79 Å². The predicted octanol–water partition coefficient (Wildman–Crippen LogP) is 8.62. The lowest BCUT2D eigenvalue weighted by Crippen LogP contribution is -2.67. The standard InChI is InChI=1S/C38H60FNO4/c1-24(2)25-15-20-38(33(44)40-23-11-9-8-10-12-27(39)32(42)43)22-21-36(6)26(31(25)38)13-14-29-35(5)18-17-30(41)34(3,4)28(35)16-19-37(29,36)7/h12,25-26,28-31,41H,1,8-11,13-23H2,2-7H3,(H,40,44)(H,42,43)/b27-12-/t25-,26+,28-,29+,30-,31+,35-,36+,37+,38-/m0/s1. The number of aliphatic hydroxyl groups is 1. The number of aliphatic hydroxyl groups excluding tert-OH is 1. The molecule has 1 amide bonds. The molecule has 5 aliphatic rings. The molecule has 0 radical (unpaired) electrons. The van der Waals surface area contributed by atoms with Crippen molar-refractivity contribution in [2.75, 3.05) is 6.54 Å². The van der Waals surface area contributed by atoms with E-state index in [2.05, 4.69) is 53.4 Å². The lowest BCUT2D eigenvalue weighted by molar-refractivity contribution is -0.246. The SMILES string of the molecule is C=C(C)[C@@H]1CC[C@]2(C(=O)NCCCCC/C=C(\F)C(=O)O)CC[C@]3(C)[C@H](CC[C@@H]4[C@@]5(C)CC[C@H](O)C(C)(C)[C@@H]5CC[C@]43C)[C@@H]12. The van der Waals surface area contributed by atoms with E-state index < -0.39 is 11.8 Å². The van der Waals surface area contributed by atoms with Crippen molar-refractivity contribution >= 4 is 11.9 Å². The minimum Gasteiger partial charge on any atom is -0.476 e. The van der Waals surface area contributed by atoms with Gasteiger partial charge in [-0.15, -0.1) is 0 Å². The summed E-state index contributed by atoms with van der Waals surface area (Å²) in [6.07, 6.45) is 14.6. The number of hydrogen-bond acceptors (Lipinski definition) is 3. The molecule has 0 saturated heterocycles. The lowest BCUT2D eigenvalue weighted by Gasteiger charge is -2.72. The molecule has 0 spiro atoms. The summed E-state index contributed by atoms with van der Waals surface area (Å²) in [7, 11) is 0. The second kappa shape index (κ2) is 11.8. The van der Waals surface area contributed by atoms with Gasteiger partial charge in [0.2, 0.25) is 11.7 Å². The zero-order valence-electron chi connectivity index (χ0n) is 28.4. The van der Waals surface area contributed by atoms with Gasteiger partial charge in [-0.1, -0.05) is 53.2 Å². The lowest BCUT2D eigenvalue weighted by atomic mass is 9.32. The second-order valence-electron chi connectivity index (χ2n) is 17.2. The molecule has 0 bridgehead atoms. The van der Waals surface area contributed by atoms with E-state index in [1.165, 1.54) is 31.3 Å². The zero-order chi connectivity index (χ0) is 32.3. The van der Waals surface area contributed by atoms with Crippen LogP contribution >= 0.6 is 0 Å². The van der Waals surface area contributed by atoms with Gasteiger partial charge < -0.3 is 15.5 Å². The number of hydrogen-bond donors (Lipinski definition) is 3. The molecular formula is C38H60FNO4. The Balaban J connectivity index is 1.34. The summed E-state index contributed by atoms with van der Waals surface area (Å²) in [5, 5.41) is 23.0. The number of rotatable bonds is 9. The molecule has 248 valence electrons. The predicted molar refractivity (Wildman–Crippen MR) is 173 cm³/mol. The molecular weight excluding hydrogens is 553 g/mol. The third-order valence-electron chi connectivity index (χ3n) is 15.2. The summed E-state index contributed by atoms with van der Waals surface area (Å²) >= 11 is 0. The molecule has 3 N–H and O–H groups in total. The normalized spacial score (nSPS) is 44.5. The Morgan fingerprint density at radius 2 is 1.61 bits per heavy atom. The summed E-state index contributed by atoms with van der Waals surface area (Å²) in [4.78, 5) is 24.9. The number of carbonyl (C=O) groups excluding carboxylic acids is 1. The quantitative estimate of drug-likeness (QED) is 0.138. The Morgan fingerprint density at radius 1 is 0.886 bits per heavy atom. The van der Waals surface area contributed by atoms with E-state index in [9.17, 15) is 19.1 Å². The van der Waals surface area contributed by atoms with Crippen molar-refractivity contribution in [3.8, 4) is 0 Å². The van der Waals surface area contributed by atoms with Crippen LogP contribution in [0.3, 0.4) is 0 Å². The Kier molecular flexibility index (Phi) is 9.06. The monoisotopic (exact) mass is 613 g/mol. The molecule has 0 aromatic rings. The van der Waals surface area contributed by atoms with Crippen LogP contribution < -0.4 is 5.32 Å². The van der Waals surface area contributed by atoms with E-state index in [1.807, 2.05) is 0 Å². The fraction of sp³-hybridized carbons (Fsp3) is 0.842. The van der Waals surface area contributed by atoms with E-state index in [0.717, 1.165) is 57.4 Å². The first kappa shape index (κ1) is 33.7. The van der Waals surface area contributed by atoms with Crippen molar-refractivity contribution < 1.29 is 24.2 Å². The molecule has 10 atom stereocenters. The van der Waals surface area contributed by atoms with Gasteiger partial charge in [-0.05, 0) is 148 Å². The maximum absolute atomic E-state index is 14.2. The summed E-state index contributed by atoms with van der Waals surface area (Å²) in [5.41, 5.74) is 1.50. The first-order valence-corrected chi connectivity index (χ1v) is 17.8. The van der Waals surface area contributed by atoms with Crippen LogP contribution in [0.5, 0.6) is 0 Å². The molecule has 5 nitrogen and oxygen atoms in total. The fourth-order valence-electron chi connectivity index (χ4n) is 12.7. The van der Waals surface area contributed by atoms with E-state index >= 15 is 0 Å². The molecule has 44 heavy (non-hydrogen) atoms. The van der Waals surface area contributed by atoms with E-state index in [-0.39, 0.29) is 39.1 Å². The van der Waals surface area contributed by atoms with Crippen LogP contribution in [-0.2, 0) is 9.59 Å². The van der Waals surface area contributed by atoms with Crippen LogP contribution in [-0.4, -0.2) is 34.7 Å². The summed E-state index contributed by atoms with van der Waals surface area (Å²) in [5.74, 6) is 0.0440. The molecule has 5 saturated carbocycles. The number of carboxylic acids is 1. The highest BCUT2D eigenvalue weighted by atomic mass is 19.1. The Bertz CT molecular complexity index is 1180. The molecule has 0 unspecified atom stereocenters. The van der Waals surface area contributed by atoms with Gasteiger partial charge in [0.05, 0.1) is 11.5 Å². The highest BCUT2D eigenvalue weighted by Crippen LogP contribution is 2.77. The topological polar surface area (TPSA) is 86.6 Å². The minimum atomic E-state index is -1.51. The van der Waals surface area contributed by atoms with E-state index in [4.69, 9.17) is 5.11 Å². The number of nitrogens with one attached hydrogen (secondary N) is 1. The first-order valence-electron chi connectivity index (χ1n) is 17.8. The van der Waals surface area contributed by atoms with Crippen molar-refractivity contribution in [3.63, 3.8) is 0 Å². The molecule has 0 aliphatic heterocycles. The number of amides is 1. The summed E-state index contributed by atoms with van der Waals surface area (Å²) < 4.78 is 13.2. The highest BCUT2D eigenvalue weighted by Gasteiger charge is 2.71. The van der Waals surface area contributed by atoms with E-state index in [1.54, 1.807) is 0 Å². The highest BCUT2D eigenvalue weighted by molar-refractivity contribution is 5.84. The van der Waals surface area contributed by atoms with Gasteiger partial charge in [0.25, 0.3) is 0 Å². The second-order valence-corrected chi connectivity index (χ2v) is 17.2. The molecule has 0 aromatic heterocycles. The molecule has 0 aromatic carbocycles. The average molecular weight is 614 g/mol. The maximum Gasteiger partial charge on any atom is 0.364 e. The van der Waals surface area contributed by atoms with Crippen LogP contribution in [0.1, 0.15) is 131 Å². The fourth-order valence-corrected chi connectivity index (χ4v) is 12.7. The number of fused-ring (bicyclic) bond motifs is 7. The van der Waals surface area contributed by atoms with E-state index in [0.29, 0.717) is 49.0 Å². The number of carboxylic acid groups (broad SMARTS) is 1. The van der Waals surface area contributed by atoms with Gasteiger partial charge in [0.15, 0.2) is 0 Å². The maximum atomic E-state index is 14.2. The van der Waals surface area contributed by atoms with Crippen molar-refractivity contribution in [1.82, 2.24) is 5.32 Å². The molecule has 5 aliphatic carbocycles. The zero-order valence-corrected chi connectivity index (χ0v) is 28.4. The minimum absolute atomic E-state index is 0.0479. The van der Waals surface area contributed by atoms with Gasteiger partial charge in [-0.25, -0.2) is 4.79 Å². The van der Waals surface area contributed by atoms with Crippen molar-refractivity contribution in [1.29, 1.82) is 0 Å². The van der Waals surface area contributed by atoms with Gasteiger partial charge in [0, 0.05) is 6.54 Å². The molecule has 5 fully saturated rings. The van der Waals surface area contributed by atoms with Gasteiger partial charge >= 0.3 is 5.97 Å². The van der Waals surface area contributed by atoms with Crippen molar-refractivity contribution in [2.24, 2.45) is 56.7 Å². The number of unbranched alkanes of at least 4 members (excludes halogenated alkanes) is 3. The van der Waals surface area contributed by atoms with Crippen LogP contribution in [0.25, 0.3) is 0 Å². The van der Waals surface area contributed by atoms with Crippen molar-refractivity contribution in [3.05, 3.63) is 24.1 Å². The molecule has 0 heterocycles. The first-order chi connectivity index (χ1) is 20.6.